The van der Waals surface area contributed by atoms with E-state index in [1.54, 1.807) is 0 Å². The van der Waals surface area contributed by atoms with Crippen molar-refractivity contribution in [3.05, 3.63) is 101 Å². The fourth-order valence-corrected chi connectivity index (χ4v) is 4.70. The minimum atomic E-state index is 0.405. The Balaban J connectivity index is 1.42. The summed E-state index contributed by atoms with van der Waals surface area (Å²) in [5.74, 6) is 0.582. The van der Waals surface area contributed by atoms with E-state index in [2.05, 4.69) is 89.5 Å². The zero-order valence-electron chi connectivity index (χ0n) is 14.9. The lowest BCUT2D eigenvalue weighted by molar-refractivity contribution is 0.411. The van der Waals surface area contributed by atoms with E-state index < -0.39 is 0 Å². The molecule has 3 aromatic rings. The van der Waals surface area contributed by atoms with Gasteiger partial charge in [-0.3, -0.25) is 0 Å². The molecule has 3 unspecified atom stereocenters. The fourth-order valence-electron chi connectivity index (χ4n) is 4.70. The van der Waals surface area contributed by atoms with Gasteiger partial charge in [0.25, 0.3) is 0 Å². The number of benzene rings is 3. The van der Waals surface area contributed by atoms with Crippen molar-refractivity contribution >= 4 is 5.69 Å². The predicted octanol–water partition coefficient (Wildman–Crippen LogP) is 5.56. The zero-order chi connectivity index (χ0) is 17.3. The minimum Gasteiger partial charge on any atom is -0.377 e. The first-order valence-electron chi connectivity index (χ1n) is 9.62. The second-order valence-corrected chi connectivity index (χ2v) is 7.44. The Kier molecular flexibility index (Phi) is 3.99. The fraction of sp³-hybridized carbons (Fsp3) is 0.250. The molecule has 0 fully saturated rings. The van der Waals surface area contributed by atoms with Gasteiger partial charge >= 0.3 is 0 Å². The lowest BCUT2D eigenvalue weighted by Crippen LogP contribution is -2.26. The molecular weight excluding hydrogens is 316 g/mol. The molecule has 0 spiro atoms. The molecule has 2 N–H and O–H groups in total. The largest absolute Gasteiger partial charge is 0.377 e. The molecule has 0 saturated heterocycles. The van der Waals surface area contributed by atoms with E-state index in [9.17, 15) is 0 Å². The van der Waals surface area contributed by atoms with Crippen LogP contribution in [0.25, 0.3) is 0 Å². The highest BCUT2D eigenvalue weighted by molar-refractivity contribution is 5.65. The van der Waals surface area contributed by atoms with Crippen LogP contribution in [0.5, 0.6) is 0 Å². The van der Waals surface area contributed by atoms with E-state index in [0.29, 0.717) is 18.0 Å². The molecule has 130 valence electrons. The molecule has 0 saturated carbocycles. The Morgan fingerprint density at radius 2 is 1.58 bits per heavy atom. The van der Waals surface area contributed by atoms with Crippen LogP contribution in [0.1, 0.15) is 53.1 Å². The maximum Gasteiger partial charge on any atom is 0.0583 e. The summed E-state index contributed by atoms with van der Waals surface area (Å²) >= 11 is 0. The molecule has 1 aliphatic heterocycles. The molecule has 3 atom stereocenters. The molecule has 0 aromatic heterocycles. The highest BCUT2D eigenvalue weighted by atomic mass is 15.0. The van der Waals surface area contributed by atoms with Crippen molar-refractivity contribution in [3.63, 3.8) is 0 Å². The Bertz CT molecular complexity index is 889. The zero-order valence-corrected chi connectivity index (χ0v) is 14.9. The van der Waals surface area contributed by atoms with E-state index in [1.165, 1.54) is 40.8 Å². The van der Waals surface area contributed by atoms with Crippen molar-refractivity contribution in [1.29, 1.82) is 0 Å². The summed E-state index contributed by atoms with van der Waals surface area (Å²) in [5.41, 5.74) is 7.10. The first-order chi connectivity index (χ1) is 12.9. The van der Waals surface area contributed by atoms with Gasteiger partial charge in [-0.25, -0.2) is 0 Å². The van der Waals surface area contributed by atoms with E-state index in [-0.39, 0.29) is 0 Å². The van der Waals surface area contributed by atoms with Crippen molar-refractivity contribution in [3.8, 4) is 0 Å². The predicted molar refractivity (Wildman–Crippen MR) is 107 cm³/mol. The highest BCUT2D eigenvalue weighted by Crippen LogP contribution is 2.52. The number of rotatable bonds is 4. The van der Waals surface area contributed by atoms with Crippen LogP contribution < -0.4 is 10.6 Å². The van der Waals surface area contributed by atoms with Crippen LogP contribution in [-0.4, -0.2) is 0 Å². The lowest BCUT2D eigenvalue weighted by Gasteiger charge is -2.32. The van der Waals surface area contributed by atoms with Gasteiger partial charge in [-0.15, -0.1) is 0 Å². The van der Waals surface area contributed by atoms with Crippen LogP contribution in [0.15, 0.2) is 78.9 Å². The van der Waals surface area contributed by atoms with Gasteiger partial charge in [-0.1, -0.05) is 72.8 Å². The monoisotopic (exact) mass is 340 g/mol. The van der Waals surface area contributed by atoms with Gasteiger partial charge in [0.05, 0.1) is 6.04 Å². The minimum absolute atomic E-state index is 0.405. The number of nitrogens with one attached hydrogen (secondary N) is 2. The quantitative estimate of drug-likeness (QED) is 0.649. The molecule has 0 radical (unpaired) electrons. The topological polar surface area (TPSA) is 24.1 Å². The first kappa shape index (κ1) is 15.7. The van der Waals surface area contributed by atoms with Gasteiger partial charge in [0.15, 0.2) is 0 Å². The summed E-state index contributed by atoms with van der Waals surface area (Å²) in [5, 5.41) is 7.60. The van der Waals surface area contributed by atoms with E-state index in [4.69, 9.17) is 0 Å². The molecule has 2 heteroatoms. The smallest absolute Gasteiger partial charge is 0.0583 e. The standard InChI is InChI=1S/C24H24N2/c1-3-8-17(9-4-1)16-25-21-15-14-20-23-19(21)12-7-13-22(23)26-24(20)18-10-5-2-6-11-18/h1-13,20-21,24-26H,14-16H2. The second-order valence-electron chi connectivity index (χ2n) is 7.44. The van der Waals surface area contributed by atoms with Gasteiger partial charge in [0.1, 0.15) is 0 Å². The van der Waals surface area contributed by atoms with Gasteiger partial charge in [0.2, 0.25) is 0 Å². The van der Waals surface area contributed by atoms with Crippen LogP contribution in [-0.2, 0) is 6.54 Å². The Morgan fingerprint density at radius 1 is 0.808 bits per heavy atom. The van der Waals surface area contributed by atoms with Crippen molar-refractivity contribution in [2.24, 2.45) is 0 Å². The van der Waals surface area contributed by atoms with E-state index in [1.807, 2.05) is 0 Å². The van der Waals surface area contributed by atoms with Crippen molar-refractivity contribution in [1.82, 2.24) is 5.32 Å². The maximum absolute atomic E-state index is 3.80. The summed E-state index contributed by atoms with van der Waals surface area (Å²) in [6.45, 7) is 0.926. The molecule has 5 rings (SSSR count). The lowest BCUT2D eigenvalue weighted by atomic mass is 9.77. The Morgan fingerprint density at radius 3 is 2.38 bits per heavy atom. The molecule has 3 aromatic carbocycles. The third-order valence-electron chi connectivity index (χ3n) is 5.92. The first-order valence-corrected chi connectivity index (χ1v) is 9.62. The molecule has 2 aliphatic rings. The normalized spacial score (nSPS) is 23.3. The van der Waals surface area contributed by atoms with E-state index >= 15 is 0 Å². The maximum atomic E-state index is 3.80. The van der Waals surface area contributed by atoms with Crippen LogP contribution in [0.2, 0.25) is 0 Å². The van der Waals surface area contributed by atoms with Crippen LogP contribution in [0.3, 0.4) is 0 Å². The van der Waals surface area contributed by atoms with Gasteiger partial charge in [-0.2, -0.15) is 0 Å². The van der Waals surface area contributed by atoms with Crippen LogP contribution >= 0.6 is 0 Å². The van der Waals surface area contributed by atoms with Gasteiger partial charge in [-0.05, 0) is 41.2 Å². The average molecular weight is 340 g/mol. The molecule has 26 heavy (non-hydrogen) atoms. The molecule has 1 heterocycles. The molecule has 0 bridgehead atoms. The van der Waals surface area contributed by atoms with Crippen LogP contribution in [0, 0.1) is 0 Å². The molecule has 1 aliphatic carbocycles. The third-order valence-corrected chi connectivity index (χ3v) is 5.92. The summed E-state index contributed by atoms with van der Waals surface area (Å²) < 4.78 is 0. The van der Waals surface area contributed by atoms with Crippen molar-refractivity contribution in [2.45, 2.75) is 37.4 Å². The Hall–Kier alpha value is -2.58. The average Bonchev–Trinajstić information content (AvgIpc) is 3.09. The molecule has 2 nitrogen and oxygen atoms in total. The summed E-state index contributed by atoms with van der Waals surface area (Å²) in [6, 6.07) is 29.2. The summed E-state index contributed by atoms with van der Waals surface area (Å²) in [7, 11) is 0. The molecular formula is C24H24N2. The van der Waals surface area contributed by atoms with Crippen molar-refractivity contribution < 1.29 is 0 Å². The summed E-state index contributed by atoms with van der Waals surface area (Å²) in [6.07, 6.45) is 2.42. The number of hydrogen-bond acceptors (Lipinski definition) is 2. The SMILES string of the molecule is c1ccc(CNC2CCC3c4c(cccc42)NC3c2ccccc2)cc1. The Labute approximate surface area is 155 Å². The second kappa shape index (κ2) is 6.62. The van der Waals surface area contributed by atoms with Gasteiger partial charge < -0.3 is 10.6 Å². The van der Waals surface area contributed by atoms with E-state index in [0.717, 1.165) is 6.54 Å². The highest BCUT2D eigenvalue weighted by Gasteiger charge is 2.39. The number of hydrogen-bond donors (Lipinski definition) is 2. The molecule has 0 amide bonds. The number of anilines is 1. The van der Waals surface area contributed by atoms with Crippen molar-refractivity contribution in [2.75, 3.05) is 5.32 Å². The van der Waals surface area contributed by atoms with Gasteiger partial charge in [0, 0.05) is 24.2 Å². The third kappa shape index (κ3) is 2.71. The van der Waals surface area contributed by atoms with Crippen LogP contribution in [0.4, 0.5) is 5.69 Å². The summed E-state index contributed by atoms with van der Waals surface area (Å²) in [4.78, 5) is 0.